The van der Waals surface area contributed by atoms with E-state index in [-0.39, 0.29) is 5.91 Å². The predicted molar refractivity (Wildman–Crippen MR) is 72.7 cm³/mol. The van der Waals surface area contributed by atoms with E-state index in [2.05, 4.69) is 27.8 Å². The first kappa shape index (κ1) is 13.4. The van der Waals surface area contributed by atoms with Gasteiger partial charge in [0.25, 0.3) is 0 Å². The maximum absolute atomic E-state index is 11.7. The van der Waals surface area contributed by atoms with Crippen LogP contribution in [-0.2, 0) is 11.2 Å². The molecule has 1 amide bonds. The van der Waals surface area contributed by atoms with Crippen LogP contribution in [-0.4, -0.2) is 29.2 Å². The second-order valence-corrected chi connectivity index (χ2v) is 5.76. The summed E-state index contributed by atoms with van der Waals surface area (Å²) >= 11 is 1.48. The van der Waals surface area contributed by atoms with Crippen LogP contribution in [0.2, 0.25) is 0 Å². The predicted octanol–water partition coefficient (Wildman–Crippen LogP) is 1.82. The number of rotatable bonds is 6. The first-order valence-corrected chi connectivity index (χ1v) is 7.42. The lowest BCUT2D eigenvalue weighted by Crippen LogP contribution is -2.14. The molecule has 1 aromatic heterocycles. The number of aromatic nitrogens is 2. The van der Waals surface area contributed by atoms with Crippen LogP contribution in [0.3, 0.4) is 0 Å². The molecule has 1 unspecified atom stereocenters. The zero-order chi connectivity index (χ0) is 12.8. The Balaban J connectivity index is 1.72. The van der Waals surface area contributed by atoms with Crippen molar-refractivity contribution in [3.05, 3.63) is 5.01 Å². The highest BCUT2D eigenvalue weighted by atomic mass is 32.1. The molecule has 1 atom stereocenters. The first-order valence-electron chi connectivity index (χ1n) is 6.61. The highest BCUT2D eigenvalue weighted by Crippen LogP contribution is 2.18. The number of hydrogen-bond donors (Lipinski definition) is 2. The largest absolute Gasteiger partial charge is 0.316 e. The van der Waals surface area contributed by atoms with Gasteiger partial charge < -0.3 is 10.6 Å². The van der Waals surface area contributed by atoms with E-state index in [0.717, 1.165) is 37.4 Å². The minimum atomic E-state index is 0.0566. The molecule has 1 fully saturated rings. The molecule has 2 rings (SSSR count). The van der Waals surface area contributed by atoms with E-state index in [1.807, 2.05) is 0 Å². The zero-order valence-corrected chi connectivity index (χ0v) is 11.6. The van der Waals surface area contributed by atoms with E-state index in [4.69, 9.17) is 0 Å². The fourth-order valence-electron chi connectivity index (χ4n) is 2.10. The van der Waals surface area contributed by atoms with Crippen LogP contribution in [0.5, 0.6) is 0 Å². The molecular weight excluding hydrogens is 248 g/mol. The quantitative estimate of drug-likeness (QED) is 0.826. The zero-order valence-electron chi connectivity index (χ0n) is 10.7. The average molecular weight is 268 g/mol. The van der Waals surface area contributed by atoms with Gasteiger partial charge in [-0.2, -0.15) is 0 Å². The van der Waals surface area contributed by atoms with E-state index < -0.39 is 0 Å². The fourth-order valence-corrected chi connectivity index (χ4v) is 2.95. The Kier molecular flexibility index (Phi) is 5.07. The van der Waals surface area contributed by atoms with Crippen molar-refractivity contribution in [3.63, 3.8) is 0 Å². The molecule has 6 heteroatoms. The maximum Gasteiger partial charge on any atom is 0.226 e. The van der Waals surface area contributed by atoms with Crippen LogP contribution in [0.15, 0.2) is 0 Å². The summed E-state index contributed by atoms with van der Waals surface area (Å²) in [5, 5.41) is 15.8. The summed E-state index contributed by atoms with van der Waals surface area (Å²) in [5.74, 6) is 0.710. The summed E-state index contributed by atoms with van der Waals surface area (Å²) in [5.41, 5.74) is 0. The Hall–Kier alpha value is -1.01. The van der Waals surface area contributed by atoms with Crippen LogP contribution < -0.4 is 10.6 Å². The summed E-state index contributed by atoms with van der Waals surface area (Å²) in [7, 11) is 0. The van der Waals surface area contributed by atoms with Crippen molar-refractivity contribution in [1.29, 1.82) is 0 Å². The smallest absolute Gasteiger partial charge is 0.226 e. The Bertz CT molecular complexity index is 387. The minimum absolute atomic E-state index is 0.0566. The van der Waals surface area contributed by atoms with Crippen molar-refractivity contribution in [2.24, 2.45) is 5.92 Å². The molecule has 0 bridgehead atoms. The van der Waals surface area contributed by atoms with Gasteiger partial charge in [-0.1, -0.05) is 18.3 Å². The Morgan fingerprint density at radius 1 is 1.56 bits per heavy atom. The molecule has 0 aliphatic carbocycles. The molecule has 5 nitrogen and oxygen atoms in total. The number of hydrogen-bond acceptors (Lipinski definition) is 5. The Morgan fingerprint density at radius 3 is 3.17 bits per heavy atom. The third kappa shape index (κ3) is 4.03. The summed E-state index contributed by atoms with van der Waals surface area (Å²) < 4.78 is 0. The molecule has 0 aromatic carbocycles. The summed E-state index contributed by atoms with van der Waals surface area (Å²) in [4.78, 5) is 11.7. The van der Waals surface area contributed by atoms with E-state index in [0.29, 0.717) is 17.5 Å². The highest BCUT2D eigenvalue weighted by molar-refractivity contribution is 7.15. The lowest BCUT2D eigenvalue weighted by atomic mass is 10.0. The monoisotopic (exact) mass is 268 g/mol. The summed E-state index contributed by atoms with van der Waals surface area (Å²) in [6, 6.07) is 0. The molecule has 0 radical (unpaired) electrons. The molecule has 0 saturated carbocycles. The Morgan fingerprint density at radius 2 is 2.44 bits per heavy atom. The molecule has 0 spiro atoms. The van der Waals surface area contributed by atoms with E-state index in [1.165, 1.54) is 17.8 Å². The first-order chi connectivity index (χ1) is 8.78. The molecule has 2 N–H and O–H groups in total. The average Bonchev–Trinajstić information content (AvgIpc) is 2.99. The lowest BCUT2D eigenvalue weighted by molar-refractivity contribution is -0.116. The van der Waals surface area contributed by atoms with Crippen molar-refractivity contribution in [1.82, 2.24) is 15.5 Å². The van der Waals surface area contributed by atoms with Crippen LogP contribution in [0.1, 0.15) is 37.6 Å². The van der Waals surface area contributed by atoms with Crippen LogP contribution >= 0.6 is 11.3 Å². The number of nitrogens with zero attached hydrogens (tertiary/aromatic N) is 2. The van der Waals surface area contributed by atoms with Crippen molar-refractivity contribution < 1.29 is 4.79 Å². The van der Waals surface area contributed by atoms with Gasteiger partial charge in [0.05, 0.1) is 0 Å². The number of aryl methyl sites for hydroxylation is 1. The lowest BCUT2D eigenvalue weighted by Gasteiger charge is -2.06. The molecule has 100 valence electrons. The number of amides is 1. The molecule has 1 aliphatic rings. The third-order valence-corrected chi connectivity index (χ3v) is 4.02. The normalized spacial score (nSPS) is 19.1. The van der Waals surface area contributed by atoms with Crippen molar-refractivity contribution in [3.8, 4) is 0 Å². The van der Waals surface area contributed by atoms with Gasteiger partial charge in [0.15, 0.2) is 0 Å². The van der Waals surface area contributed by atoms with Gasteiger partial charge in [-0.05, 0) is 38.3 Å². The van der Waals surface area contributed by atoms with Gasteiger partial charge in [0, 0.05) is 12.8 Å². The third-order valence-electron chi connectivity index (χ3n) is 3.12. The number of anilines is 1. The topological polar surface area (TPSA) is 66.9 Å². The summed E-state index contributed by atoms with van der Waals surface area (Å²) in [6.45, 7) is 4.24. The molecule has 18 heavy (non-hydrogen) atoms. The molecule has 1 aromatic rings. The highest BCUT2D eigenvalue weighted by Gasteiger charge is 2.16. The standard InChI is InChI=1S/C12H20N4OS/c1-2-3-11-15-16-12(18-11)14-10(17)5-4-9-6-7-13-8-9/h9,13H,2-8H2,1H3,(H,14,16,17). The van der Waals surface area contributed by atoms with Gasteiger partial charge >= 0.3 is 0 Å². The number of carbonyl (C=O) groups is 1. The van der Waals surface area contributed by atoms with Gasteiger partial charge in [-0.15, -0.1) is 10.2 Å². The fraction of sp³-hybridized carbons (Fsp3) is 0.750. The van der Waals surface area contributed by atoms with Crippen LogP contribution in [0.25, 0.3) is 0 Å². The molecule has 1 saturated heterocycles. The minimum Gasteiger partial charge on any atom is -0.316 e. The number of carbonyl (C=O) groups excluding carboxylic acids is 1. The molecular formula is C12H20N4OS. The SMILES string of the molecule is CCCc1nnc(NC(=O)CCC2CCNC2)s1. The second-order valence-electron chi connectivity index (χ2n) is 4.70. The van der Waals surface area contributed by atoms with Crippen molar-refractivity contribution in [2.75, 3.05) is 18.4 Å². The van der Waals surface area contributed by atoms with Gasteiger partial charge in [0.1, 0.15) is 5.01 Å². The summed E-state index contributed by atoms with van der Waals surface area (Å²) in [6.07, 6.45) is 4.71. The van der Waals surface area contributed by atoms with Gasteiger partial charge in [0.2, 0.25) is 11.0 Å². The van der Waals surface area contributed by atoms with Crippen LogP contribution in [0.4, 0.5) is 5.13 Å². The number of nitrogens with one attached hydrogen (secondary N) is 2. The van der Waals surface area contributed by atoms with E-state index in [9.17, 15) is 4.79 Å². The van der Waals surface area contributed by atoms with Gasteiger partial charge in [-0.3, -0.25) is 4.79 Å². The van der Waals surface area contributed by atoms with Crippen molar-refractivity contribution in [2.45, 2.75) is 39.0 Å². The van der Waals surface area contributed by atoms with Gasteiger partial charge in [-0.25, -0.2) is 0 Å². The van der Waals surface area contributed by atoms with E-state index >= 15 is 0 Å². The second kappa shape index (κ2) is 6.80. The molecule has 1 aliphatic heterocycles. The van der Waals surface area contributed by atoms with E-state index in [1.54, 1.807) is 0 Å². The van der Waals surface area contributed by atoms with Crippen LogP contribution in [0, 0.1) is 5.92 Å². The van der Waals surface area contributed by atoms with Crippen molar-refractivity contribution >= 4 is 22.4 Å². The Labute approximate surface area is 111 Å². The maximum atomic E-state index is 11.7. The molecule has 2 heterocycles.